The number of rotatable bonds is 35. The molecule has 0 bridgehead atoms. The second-order valence-electron chi connectivity index (χ2n) is 33.2. The largest absolute Gasteiger partial charge is 0.477 e. The minimum absolute atomic E-state index is 0.851. The van der Waals surface area contributed by atoms with Crippen LogP contribution >= 0.6 is 0 Å². The highest BCUT2D eigenvalue weighted by molar-refractivity contribution is 5.77. The molecule has 10 aliphatic rings. The number of aliphatic carboxylic acids is 1. The minimum Gasteiger partial charge on any atom is -0.477 e. The summed E-state index contributed by atoms with van der Waals surface area (Å²) in [6.45, 7) is -4.47. The molecule has 51 atom stereocenters. The fourth-order valence-corrected chi connectivity index (χ4v) is 16.8. The molecule has 10 heterocycles. The first-order valence-corrected chi connectivity index (χ1v) is 41.6. The zero-order valence-corrected chi connectivity index (χ0v) is 70.7. The van der Waals surface area contributed by atoms with E-state index in [1.54, 1.807) is 0 Å². The van der Waals surface area contributed by atoms with E-state index >= 15 is 0 Å². The number of amides is 5. The van der Waals surface area contributed by atoms with Gasteiger partial charge in [-0.25, -0.2) is 4.79 Å². The van der Waals surface area contributed by atoms with Crippen molar-refractivity contribution in [2.24, 2.45) is 0 Å². The van der Waals surface area contributed by atoms with Gasteiger partial charge in [-0.2, -0.15) is 0 Å². The number of hydrogen-bond acceptors (Lipinski definition) is 52. The maximum absolute atomic E-state index is 13.3. The van der Waals surface area contributed by atoms with Crippen molar-refractivity contribution in [2.45, 2.75) is 360 Å². The lowest BCUT2D eigenvalue weighted by molar-refractivity contribution is -0.399. The van der Waals surface area contributed by atoms with Gasteiger partial charge >= 0.3 is 5.97 Å². The highest BCUT2D eigenvalue weighted by atomic mass is 16.8. The zero-order chi connectivity index (χ0) is 96.9. The number of carboxylic acids is 1. The van der Waals surface area contributed by atoms with Crippen molar-refractivity contribution < 1.29 is 262 Å². The molecule has 58 heteroatoms. The first kappa shape index (κ1) is 108. The molecular weight excluding hydrogens is 1790 g/mol. The molecule has 131 heavy (non-hydrogen) atoms. The van der Waals surface area contributed by atoms with E-state index in [0.29, 0.717) is 0 Å². The van der Waals surface area contributed by atoms with E-state index in [0.717, 1.165) is 34.6 Å². The lowest BCUT2D eigenvalue weighted by Crippen LogP contribution is -2.71. The van der Waals surface area contributed by atoms with Gasteiger partial charge in [0.25, 0.3) is 5.79 Å². The fourth-order valence-electron chi connectivity index (χ4n) is 16.8. The molecule has 0 spiro atoms. The molecule has 0 aliphatic carbocycles. The third-order valence-corrected chi connectivity index (χ3v) is 23.8. The molecule has 756 valence electrons. The van der Waals surface area contributed by atoms with Crippen molar-refractivity contribution in [3.8, 4) is 0 Å². The molecule has 0 aromatic carbocycles. The fraction of sp³-hybridized carbons (Fsp3) is 0.918. The monoisotopic (exact) mass is 1920 g/mol. The molecule has 0 radical (unpaired) electrons. The predicted molar refractivity (Wildman–Crippen MR) is 403 cm³/mol. The third-order valence-electron chi connectivity index (χ3n) is 23.8. The van der Waals surface area contributed by atoms with E-state index in [2.05, 4.69) is 26.6 Å². The summed E-state index contributed by atoms with van der Waals surface area (Å²) in [5.74, 6) is -9.81. The lowest BCUT2D eigenvalue weighted by atomic mass is 9.88. The van der Waals surface area contributed by atoms with Gasteiger partial charge in [0.15, 0.2) is 56.6 Å². The Morgan fingerprint density at radius 2 is 0.679 bits per heavy atom. The van der Waals surface area contributed by atoms with Crippen LogP contribution in [-0.2, 0) is 119 Å². The Morgan fingerprint density at radius 1 is 0.328 bits per heavy atom. The lowest BCUT2D eigenvalue weighted by Gasteiger charge is -2.51. The van der Waals surface area contributed by atoms with Crippen molar-refractivity contribution in [3.05, 3.63) is 0 Å². The van der Waals surface area contributed by atoms with E-state index in [1.807, 2.05) is 0 Å². The van der Waals surface area contributed by atoms with Gasteiger partial charge in [-0.1, -0.05) is 0 Å². The van der Waals surface area contributed by atoms with Crippen LogP contribution in [0.4, 0.5) is 0 Å². The molecule has 5 amide bonds. The number of nitrogens with one attached hydrogen (secondary N) is 5. The summed E-state index contributed by atoms with van der Waals surface area (Å²) in [7, 11) is 0. The van der Waals surface area contributed by atoms with Crippen molar-refractivity contribution >= 4 is 35.5 Å². The van der Waals surface area contributed by atoms with Crippen molar-refractivity contribution in [1.82, 2.24) is 26.6 Å². The highest BCUT2D eigenvalue weighted by Gasteiger charge is 2.63. The van der Waals surface area contributed by atoms with Gasteiger partial charge in [0, 0.05) is 41.0 Å². The minimum atomic E-state index is -3.11. The first-order chi connectivity index (χ1) is 61.7. The second kappa shape index (κ2) is 46.6. The predicted octanol–water partition coefficient (Wildman–Crippen LogP) is -21.9. The number of aliphatic hydroxyl groups excluding tert-OH is 27. The van der Waals surface area contributed by atoms with Crippen LogP contribution in [0.5, 0.6) is 0 Å². The van der Waals surface area contributed by atoms with Gasteiger partial charge < -0.3 is 260 Å². The van der Waals surface area contributed by atoms with Crippen molar-refractivity contribution in [2.75, 3.05) is 59.5 Å². The Bertz CT molecular complexity index is 3670. The van der Waals surface area contributed by atoms with Gasteiger partial charge in [0.2, 0.25) is 29.5 Å². The Hall–Kier alpha value is -5.02. The molecule has 33 N–H and O–H groups in total. The first-order valence-electron chi connectivity index (χ1n) is 41.6. The third kappa shape index (κ3) is 24.3. The van der Waals surface area contributed by atoms with Crippen LogP contribution in [0.15, 0.2) is 0 Å². The molecule has 10 aliphatic heterocycles. The second-order valence-corrected chi connectivity index (χ2v) is 33.2. The van der Waals surface area contributed by atoms with Crippen LogP contribution in [0.1, 0.15) is 48.0 Å². The number of carbonyl (C=O) groups excluding carboxylic acids is 5. The van der Waals surface area contributed by atoms with E-state index in [9.17, 15) is 172 Å². The number of aliphatic hydroxyl groups is 27. The maximum atomic E-state index is 13.3. The molecular formula is C73H121N5O53. The molecule has 58 nitrogen and oxygen atoms in total. The molecule has 0 aromatic rings. The smallest absolute Gasteiger partial charge is 0.364 e. The highest BCUT2D eigenvalue weighted by Crippen LogP contribution is 2.42. The van der Waals surface area contributed by atoms with Gasteiger partial charge in [0.05, 0.1) is 77.7 Å². The quantitative estimate of drug-likeness (QED) is 0.0280. The Balaban J connectivity index is 0.960. The molecule has 0 aromatic heterocycles. The number of carboxylic acid groups (broad SMARTS) is 1. The van der Waals surface area contributed by atoms with Gasteiger partial charge in [-0.05, 0) is 6.92 Å². The number of carbonyl (C=O) groups is 6. The number of ether oxygens (including phenoxy) is 19. The van der Waals surface area contributed by atoms with E-state index < -0.39 is 414 Å². The summed E-state index contributed by atoms with van der Waals surface area (Å²) in [5.41, 5.74) is 0. The van der Waals surface area contributed by atoms with E-state index in [-0.39, 0.29) is 0 Å². The zero-order valence-electron chi connectivity index (χ0n) is 70.7. The summed E-state index contributed by atoms with van der Waals surface area (Å²) in [6.07, 6.45) is -97.5. The van der Waals surface area contributed by atoms with Crippen molar-refractivity contribution in [1.29, 1.82) is 0 Å². The summed E-state index contributed by atoms with van der Waals surface area (Å²) in [4.78, 5) is 76.7. The van der Waals surface area contributed by atoms with Gasteiger partial charge in [0.1, 0.15) is 232 Å². The Morgan fingerprint density at radius 3 is 1.16 bits per heavy atom. The molecule has 10 fully saturated rings. The Kier molecular flexibility index (Phi) is 38.4. The van der Waals surface area contributed by atoms with Gasteiger partial charge in [-0.3, -0.25) is 24.0 Å². The average molecular weight is 1920 g/mol. The van der Waals surface area contributed by atoms with Crippen LogP contribution in [0.25, 0.3) is 0 Å². The van der Waals surface area contributed by atoms with Crippen LogP contribution in [0.2, 0.25) is 0 Å². The normalized spacial score (nSPS) is 47.5. The molecule has 0 saturated carbocycles. The standard InChI is InChI=1S/C73H121N5O53/c1-17-38(92)49(103)53(107)67(116-17)113-15-32-58(46(100)34(63(110)117-32)75-19(3)86)125-65-36(77-21(5)88)47(101)57(29(13-84)121-65)127-69-55(109)60(44(98)30(123-69)14-114-70-61(51(105)41(95)26(10-81)119-70)129-64-35(76-20(4)87)45(99)40(94)25(9-80)118-64)128-71-62(52(106)42(96)27(11-82)120-71)130-66-37(78-22(6)89)48(102)56(28(12-83)122-66)126-68-54(108)50(104)43(97)31(124-68)16-115-73(72(111)112)7-23(90)33(74-18(2)85)59(131-73)39(93)24(91)8-79/h17,23-71,79-84,90-110H,7-16H2,1-6H3,(H,74,85)(H,75,86)(H,76,87)(H,77,88)(H,78,89)(H,111,112)/t17-,23-,24+,25+,26+,27+,28+,29+,30+,31+,32+,33+,34+,35+,36+,37+,38+,39+,40+,41+,42+,43-,44+,45+,46+,47+,48+,49+,50-,51-,52-,53-,54+,55-,56+,57+,58+,59+,60-,61-,62-,63+,64-,65-,66-,67-,68-,69-,70+,71-,73-/m0/s1. The topological polar surface area (TPSA) is 904 Å². The van der Waals surface area contributed by atoms with Crippen molar-refractivity contribution in [3.63, 3.8) is 0 Å². The van der Waals surface area contributed by atoms with E-state index in [4.69, 9.17) is 90.0 Å². The SMILES string of the molecule is CC(=O)N[C@@H]1[C@@H](O)[C@H](O[C@@H]2O[C@H](CO)[C@@H](O[C@@H]3O[C@H](CO[C@@H]4O[C@H](CO)[C@@H](O)[C@H](O)[C@@H]4O[C@@H]4O[C@H](CO)[C@@H](O)[C@H](O)[C@H]4NC(C)=O)[C@@H](O)[C@H](O[C@@H]4O[C@H](CO)[C@@H](O)[C@H](O)[C@@H]4O[C@@H]4O[C@H](CO)[C@@H](O[C@@H]5O[C@H](CO[C@@]6(C(=O)O)C[C@H](O)[C@@H](NC(C)=O)[C@H]([C@H](O)[C@H](O)CO)O6)[C@H](O)[C@H](O)[C@H]5O)[C@H](O)[C@H]4NC(C)=O)[C@@H]3O)[C@H](O)[C@H]2NC(C)=O)[C@@H](CO[C@H]2O[C@@H](C)[C@@H](O)[C@@H](O)[C@@H]2O)O[C@H]1O. The summed E-state index contributed by atoms with van der Waals surface area (Å²) in [6, 6.07) is -9.40. The van der Waals surface area contributed by atoms with Crippen LogP contribution in [0, 0.1) is 0 Å². The van der Waals surface area contributed by atoms with Crippen LogP contribution in [0.3, 0.4) is 0 Å². The van der Waals surface area contributed by atoms with Gasteiger partial charge in [-0.15, -0.1) is 0 Å². The maximum Gasteiger partial charge on any atom is 0.364 e. The molecule has 10 saturated heterocycles. The molecule has 0 unspecified atom stereocenters. The summed E-state index contributed by atoms with van der Waals surface area (Å²) in [5, 5.41) is 326. The molecule has 10 rings (SSSR count). The Labute approximate surface area is 741 Å². The summed E-state index contributed by atoms with van der Waals surface area (Å²) < 4.78 is 113. The average Bonchev–Trinajstić information content (AvgIpc) is 0.766. The number of hydrogen-bond donors (Lipinski definition) is 33. The van der Waals surface area contributed by atoms with E-state index in [1.165, 1.54) is 6.92 Å². The summed E-state index contributed by atoms with van der Waals surface area (Å²) >= 11 is 0. The van der Waals surface area contributed by atoms with Crippen LogP contribution < -0.4 is 26.6 Å². The van der Waals surface area contributed by atoms with Crippen LogP contribution in [-0.4, -0.2) is 550 Å².